The molecule has 6 nitrogen and oxygen atoms in total. The number of hydrogen-bond donors (Lipinski definition) is 2. The lowest BCUT2D eigenvalue weighted by atomic mass is 10.8. The van der Waals surface area contributed by atoms with Crippen LogP contribution in [0.15, 0.2) is 9.50 Å². The molecule has 15 heavy (non-hydrogen) atoms. The van der Waals surface area contributed by atoms with Gasteiger partial charge in [0.1, 0.15) is 0 Å². The Balaban J connectivity index is 2.41. The highest BCUT2D eigenvalue weighted by Crippen LogP contribution is 2.23. The summed E-state index contributed by atoms with van der Waals surface area (Å²) in [7, 11) is 0. The van der Waals surface area contributed by atoms with Gasteiger partial charge < -0.3 is 11.5 Å². The fraction of sp³-hybridized carbons (Fsp3) is 0.333. The first kappa shape index (κ1) is 12.3. The van der Waals surface area contributed by atoms with Crippen LogP contribution >= 0.6 is 35.1 Å². The molecule has 4 N–H and O–H groups in total. The summed E-state index contributed by atoms with van der Waals surface area (Å²) in [6.45, 7) is 0. The first-order valence-corrected chi connectivity index (χ1v) is 6.48. The van der Waals surface area contributed by atoms with Crippen LogP contribution in [-0.4, -0.2) is 32.7 Å². The highest BCUT2D eigenvalue weighted by Gasteiger charge is 2.07. The number of nitrogens with two attached hydrogens (primary N) is 2. The van der Waals surface area contributed by atoms with Crippen LogP contribution < -0.4 is 11.5 Å². The van der Waals surface area contributed by atoms with Crippen molar-refractivity contribution < 1.29 is 9.59 Å². The molecule has 1 heterocycles. The van der Waals surface area contributed by atoms with E-state index < -0.39 is 11.8 Å². The predicted octanol–water partition coefficient (Wildman–Crippen LogP) is -0.307. The normalized spacial score (nSPS) is 10.1. The molecule has 1 aromatic heterocycles. The van der Waals surface area contributed by atoms with Gasteiger partial charge in [-0.1, -0.05) is 23.5 Å². The second-order valence-electron chi connectivity index (χ2n) is 2.35. The van der Waals surface area contributed by atoms with Gasteiger partial charge in [-0.25, -0.2) is 4.98 Å². The maximum absolute atomic E-state index is 10.5. The molecule has 0 saturated heterocycles. The Morgan fingerprint density at radius 2 is 1.80 bits per heavy atom. The number of carbonyl (C=O) groups excluding carboxylic acids is 2. The Kier molecular flexibility index (Phi) is 4.85. The zero-order valence-corrected chi connectivity index (χ0v) is 9.95. The van der Waals surface area contributed by atoms with E-state index in [1.54, 1.807) is 0 Å². The molecule has 0 atom stereocenters. The highest BCUT2D eigenvalue weighted by atomic mass is 32.2. The summed E-state index contributed by atoms with van der Waals surface area (Å²) in [6, 6.07) is 0. The molecule has 9 heteroatoms. The van der Waals surface area contributed by atoms with Crippen LogP contribution in [0.4, 0.5) is 0 Å². The first-order valence-electron chi connectivity index (χ1n) is 3.74. The summed E-state index contributed by atoms with van der Waals surface area (Å²) in [5.41, 5.74) is 9.94. The number of primary amides is 2. The summed E-state index contributed by atoms with van der Waals surface area (Å²) in [5, 5.41) is 0.491. The number of nitrogens with zero attached hydrogens (tertiary/aromatic N) is 2. The molecule has 82 valence electrons. The van der Waals surface area contributed by atoms with Crippen LogP contribution in [0.1, 0.15) is 0 Å². The molecule has 0 fully saturated rings. The maximum atomic E-state index is 10.5. The smallest absolute Gasteiger partial charge is 0.227 e. The monoisotopic (exact) mass is 264 g/mol. The van der Waals surface area contributed by atoms with Crippen LogP contribution in [0.3, 0.4) is 0 Å². The standard InChI is InChI=1S/C6H8N4O2S3/c7-3(11)1-13-5-9-6(15-10-5)14-2-4(8)12/h1-2H2,(H2,7,11)(H2,8,12). The van der Waals surface area contributed by atoms with E-state index in [0.717, 1.165) is 11.5 Å². The zero-order valence-electron chi connectivity index (χ0n) is 7.50. The van der Waals surface area contributed by atoms with E-state index in [1.807, 2.05) is 0 Å². The molecule has 0 aromatic carbocycles. The van der Waals surface area contributed by atoms with Crippen molar-refractivity contribution in [3.05, 3.63) is 0 Å². The van der Waals surface area contributed by atoms with Crippen LogP contribution in [-0.2, 0) is 9.59 Å². The van der Waals surface area contributed by atoms with Crippen molar-refractivity contribution in [1.29, 1.82) is 0 Å². The molecule has 2 amide bonds. The third kappa shape index (κ3) is 5.00. The quantitative estimate of drug-likeness (QED) is 0.682. The van der Waals surface area contributed by atoms with E-state index in [2.05, 4.69) is 9.36 Å². The number of carbonyl (C=O) groups is 2. The van der Waals surface area contributed by atoms with Crippen molar-refractivity contribution in [3.63, 3.8) is 0 Å². The van der Waals surface area contributed by atoms with Gasteiger partial charge in [0, 0.05) is 0 Å². The molecule has 0 spiro atoms. The van der Waals surface area contributed by atoms with Crippen LogP contribution in [0.5, 0.6) is 0 Å². The van der Waals surface area contributed by atoms with Gasteiger partial charge in [-0.2, -0.15) is 4.37 Å². The van der Waals surface area contributed by atoms with E-state index in [-0.39, 0.29) is 11.5 Å². The number of amides is 2. The van der Waals surface area contributed by atoms with E-state index in [9.17, 15) is 9.59 Å². The van der Waals surface area contributed by atoms with Gasteiger partial charge in [0.05, 0.1) is 11.5 Å². The molecule has 0 bridgehead atoms. The topological polar surface area (TPSA) is 112 Å². The van der Waals surface area contributed by atoms with E-state index in [0.29, 0.717) is 9.50 Å². The van der Waals surface area contributed by atoms with E-state index in [1.165, 1.54) is 23.5 Å². The fourth-order valence-electron chi connectivity index (χ4n) is 0.583. The lowest BCUT2D eigenvalue weighted by molar-refractivity contribution is -0.116. The third-order valence-electron chi connectivity index (χ3n) is 1.07. The summed E-state index contributed by atoms with van der Waals surface area (Å²) < 4.78 is 4.63. The third-order valence-corrected chi connectivity index (χ3v) is 3.91. The van der Waals surface area contributed by atoms with Gasteiger partial charge in [-0.05, 0) is 11.5 Å². The van der Waals surface area contributed by atoms with Crippen molar-refractivity contribution in [3.8, 4) is 0 Å². The number of aromatic nitrogens is 2. The molecule has 0 aliphatic heterocycles. The van der Waals surface area contributed by atoms with Crippen LogP contribution in [0.25, 0.3) is 0 Å². The Hall–Kier alpha value is -0.800. The minimum atomic E-state index is -0.416. The zero-order chi connectivity index (χ0) is 11.3. The van der Waals surface area contributed by atoms with Gasteiger partial charge in [-0.3, -0.25) is 9.59 Å². The molecular weight excluding hydrogens is 256 g/mol. The molecule has 1 rings (SSSR count). The maximum Gasteiger partial charge on any atom is 0.227 e. The number of thioether (sulfide) groups is 2. The SMILES string of the molecule is NC(=O)CSc1nsc(SCC(N)=O)n1. The number of hydrogen-bond acceptors (Lipinski definition) is 7. The van der Waals surface area contributed by atoms with Gasteiger partial charge in [0.2, 0.25) is 17.0 Å². The molecule has 0 aliphatic rings. The Bertz CT molecular complexity index is 335. The van der Waals surface area contributed by atoms with Crippen molar-refractivity contribution >= 4 is 46.9 Å². The Morgan fingerprint density at radius 3 is 2.40 bits per heavy atom. The van der Waals surface area contributed by atoms with Crippen LogP contribution in [0.2, 0.25) is 0 Å². The summed E-state index contributed by atoms with van der Waals surface area (Å²) in [6.07, 6.45) is 0. The average Bonchev–Trinajstić information content (AvgIpc) is 2.59. The molecule has 0 radical (unpaired) electrons. The highest BCUT2D eigenvalue weighted by molar-refractivity contribution is 8.02. The summed E-state index contributed by atoms with van der Waals surface area (Å²) >= 11 is 3.56. The minimum Gasteiger partial charge on any atom is -0.369 e. The minimum absolute atomic E-state index is 0.149. The summed E-state index contributed by atoms with van der Waals surface area (Å²) in [5.74, 6) is -0.492. The van der Waals surface area contributed by atoms with Crippen molar-refractivity contribution in [2.45, 2.75) is 9.50 Å². The van der Waals surface area contributed by atoms with Crippen molar-refractivity contribution in [2.24, 2.45) is 11.5 Å². The van der Waals surface area contributed by atoms with Gasteiger partial charge in [0.15, 0.2) is 4.34 Å². The first-order chi connectivity index (χ1) is 7.08. The Labute approximate surface area is 98.4 Å². The van der Waals surface area contributed by atoms with E-state index in [4.69, 9.17) is 11.5 Å². The molecule has 1 aromatic rings. The average molecular weight is 264 g/mol. The van der Waals surface area contributed by atoms with Gasteiger partial charge in [-0.15, -0.1) is 0 Å². The lowest BCUT2D eigenvalue weighted by Gasteiger charge is -1.91. The lowest BCUT2D eigenvalue weighted by Crippen LogP contribution is -2.13. The molecule has 0 unspecified atom stereocenters. The molecule has 0 aliphatic carbocycles. The largest absolute Gasteiger partial charge is 0.369 e. The van der Waals surface area contributed by atoms with Crippen LogP contribution in [0, 0.1) is 0 Å². The van der Waals surface area contributed by atoms with Gasteiger partial charge >= 0.3 is 0 Å². The summed E-state index contributed by atoms with van der Waals surface area (Å²) in [4.78, 5) is 25.0. The van der Waals surface area contributed by atoms with E-state index >= 15 is 0 Å². The van der Waals surface area contributed by atoms with Crippen molar-refractivity contribution in [1.82, 2.24) is 9.36 Å². The number of rotatable bonds is 6. The second kappa shape index (κ2) is 5.93. The predicted molar refractivity (Wildman–Crippen MR) is 59.7 cm³/mol. The van der Waals surface area contributed by atoms with Gasteiger partial charge in [0.25, 0.3) is 0 Å². The fourth-order valence-corrected chi connectivity index (χ4v) is 2.69. The molecular formula is C6H8N4O2S3. The Morgan fingerprint density at radius 1 is 1.20 bits per heavy atom. The molecule has 0 saturated carbocycles. The second-order valence-corrected chi connectivity index (χ2v) is 5.27. The van der Waals surface area contributed by atoms with Crippen molar-refractivity contribution in [2.75, 3.05) is 11.5 Å².